The Balaban J connectivity index is 2.00. The van der Waals surface area contributed by atoms with E-state index in [-0.39, 0.29) is 0 Å². The number of hydrogen-bond acceptors (Lipinski definition) is 5. The van der Waals surface area contributed by atoms with Crippen LogP contribution in [0, 0.1) is 0 Å². The zero-order chi connectivity index (χ0) is 11.5. The zero-order valence-corrected chi connectivity index (χ0v) is 8.74. The first-order valence-electron chi connectivity index (χ1n) is 5.17. The second-order valence-corrected chi connectivity index (χ2v) is 3.77. The lowest BCUT2D eigenvalue weighted by Gasteiger charge is -2.31. The smallest absolute Gasteiger partial charge is 0.228 e. The monoisotopic (exact) mass is 225 g/mol. The number of aliphatic hydroxyl groups is 2. The van der Waals surface area contributed by atoms with Crippen molar-refractivity contribution >= 4 is 5.69 Å². The molecule has 1 fully saturated rings. The van der Waals surface area contributed by atoms with Gasteiger partial charge in [0.15, 0.2) is 0 Å². The van der Waals surface area contributed by atoms with Gasteiger partial charge in [-0.3, -0.25) is 0 Å². The Bertz CT molecular complexity index is 340. The molecular formula is C11H15NO4. The molecule has 0 unspecified atom stereocenters. The predicted octanol–water partition coefficient (Wildman–Crippen LogP) is 0.116. The molecule has 1 heterocycles. The van der Waals surface area contributed by atoms with Crippen LogP contribution in [0.25, 0.3) is 0 Å². The van der Waals surface area contributed by atoms with E-state index in [2.05, 4.69) is 0 Å². The maximum atomic E-state index is 9.63. The van der Waals surface area contributed by atoms with E-state index in [0.29, 0.717) is 24.5 Å². The molecule has 0 amide bonds. The zero-order valence-electron chi connectivity index (χ0n) is 8.74. The maximum Gasteiger partial charge on any atom is 0.228 e. The average Bonchev–Trinajstić information content (AvgIpc) is 2.28. The molecule has 4 N–H and O–H groups in total. The lowest BCUT2D eigenvalue weighted by atomic mass is 10.1. The van der Waals surface area contributed by atoms with E-state index in [1.54, 1.807) is 24.3 Å². The van der Waals surface area contributed by atoms with Crippen molar-refractivity contribution in [3.8, 4) is 5.75 Å². The Kier molecular flexibility index (Phi) is 3.28. The number of anilines is 1. The van der Waals surface area contributed by atoms with E-state index in [9.17, 15) is 10.2 Å². The Morgan fingerprint density at radius 1 is 1.25 bits per heavy atom. The molecule has 0 bridgehead atoms. The standard InChI is InChI=1S/C11H15NO4/c12-7-1-3-8(4-2-7)16-11-10(14)9(13)5-6-15-11/h1-4,9-11,13-14H,5-6,12H2/t9-,10-,11+/m1/s1. The Labute approximate surface area is 93.4 Å². The first kappa shape index (κ1) is 11.2. The van der Waals surface area contributed by atoms with Crippen LogP contribution in [0.3, 0.4) is 0 Å². The van der Waals surface area contributed by atoms with Gasteiger partial charge in [0.05, 0.1) is 12.7 Å². The van der Waals surface area contributed by atoms with Gasteiger partial charge >= 0.3 is 0 Å². The van der Waals surface area contributed by atoms with Crippen LogP contribution < -0.4 is 10.5 Å². The highest BCUT2D eigenvalue weighted by molar-refractivity contribution is 5.41. The minimum absolute atomic E-state index is 0.373. The third-order valence-corrected chi connectivity index (χ3v) is 2.50. The van der Waals surface area contributed by atoms with Gasteiger partial charge in [-0.1, -0.05) is 0 Å². The summed E-state index contributed by atoms with van der Waals surface area (Å²) in [5.41, 5.74) is 6.17. The van der Waals surface area contributed by atoms with Gasteiger partial charge in [0.1, 0.15) is 11.9 Å². The van der Waals surface area contributed by atoms with E-state index in [1.165, 1.54) is 0 Å². The van der Waals surface area contributed by atoms with Crippen LogP contribution in [-0.4, -0.2) is 35.3 Å². The van der Waals surface area contributed by atoms with Crippen LogP contribution in [0.1, 0.15) is 6.42 Å². The molecule has 5 heteroatoms. The van der Waals surface area contributed by atoms with Crippen LogP contribution in [0.15, 0.2) is 24.3 Å². The fourth-order valence-corrected chi connectivity index (χ4v) is 1.54. The summed E-state index contributed by atoms with van der Waals surface area (Å²) in [6.45, 7) is 0.373. The molecule has 1 aliphatic rings. The topological polar surface area (TPSA) is 84.9 Å². The van der Waals surface area contributed by atoms with Gasteiger partial charge in [-0.2, -0.15) is 0 Å². The summed E-state index contributed by atoms with van der Waals surface area (Å²) in [7, 11) is 0. The number of aliphatic hydroxyl groups excluding tert-OH is 2. The summed E-state index contributed by atoms with van der Waals surface area (Å²) in [4.78, 5) is 0. The van der Waals surface area contributed by atoms with E-state index >= 15 is 0 Å². The van der Waals surface area contributed by atoms with Gasteiger partial charge in [0.25, 0.3) is 0 Å². The van der Waals surface area contributed by atoms with Crippen LogP contribution in [0.5, 0.6) is 5.75 Å². The second kappa shape index (κ2) is 4.69. The van der Waals surface area contributed by atoms with Gasteiger partial charge in [-0.25, -0.2) is 0 Å². The Morgan fingerprint density at radius 3 is 2.62 bits per heavy atom. The lowest BCUT2D eigenvalue weighted by Crippen LogP contribution is -2.47. The summed E-state index contributed by atoms with van der Waals surface area (Å²) in [5, 5.41) is 19.1. The second-order valence-electron chi connectivity index (χ2n) is 3.77. The van der Waals surface area contributed by atoms with Gasteiger partial charge in [-0.05, 0) is 30.7 Å². The summed E-state index contributed by atoms with van der Waals surface area (Å²) >= 11 is 0. The van der Waals surface area contributed by atoms with Gasteiger partial charge in [-0.15, -0.1) is 0 Å². The van der Waals surface area contributed by atoms with Crippen LogP contribution in [0.4, 0.5) is 5.69 Å². The molecule has 1 aliphatic heterocycles. The van der Waals surface area contributed by atoms with Crippen molar-refractivity contribution in [2.75, 3.05) is 12.3 Å². The molecular weight excluding hydrogens is 210 g/mol. The average molecular weight is 225 g/mol. The minimum atomic E-state index is -1.02. The number of benzene rings is 1. The predicted molar refractivity (Wildman–Crippen MR) is 57.9 cm³/mol. The highest BCUT2D eigenvalue weighted by Crippen LogP contribution is 2.20. The highest BCUT2D eigenvalue weighted by Gasteiger charge is 2.32. The fourth-order valence-electron chi connectivity index (χ4n) is 1.54. The van der Waals surface area contributed by atoms with E-state index in [4.69, 9.17) is 15.2 Å². The van der Waals surface area contributed by atoms with Gasteiger partial charge < -0.3 is 25.4 Å². The molecule has 2 rings (SSSR count). The molecule has 16 heavy (non-hydrogen) atoms. The number of hydrogen-bond donors (Lipinski definition) is 3. The molecule has 5 nitrogen and oxygen atoms in total. The SMILES string of the molecule is Nc1ccc(O[C@@H]2OCC[C@@H](O)[C@H]2O)cc1. The van der Waals surface area contributed by atoms with Gasteiger partial charge in [0, 0.05) is 5.69 Å². The quantitative estimate of drug-likeness (QED) is 0.622. The third kappa shape index (κ3) is 2.44. The summed E-state index contributed by atoms with van der Waals surface area (Å²) in [6, 6.07) is 6.76. The molecule has 1 aromatic rings. The molecule has 0 aromatic heterocycles. The van der Waals surface area contributed by atoms with Crippen molar-refractivity contribution in [2.24, 2.45) is 0 Å². The normalized spacial score (nSPS) is 30.0. The van der Waals surface area contributed by atoms with E-state index in [0.717, 1.165) is 0 Å². The van der Waals surface area contributed by atoms with E-state index in [1.807, 2.05) is 0 Å². The Morgan fingerprint density at radius 2 is 1.94 bits per heavy atom. The van der Waals surface area contributed by atoms with Crippen molar-refractivity contribution in [2.45, 2.75) is 24.9 Å². The van der Waals surface area contributed by atoms with Crippen LogP contribution in [0.2, 0.25) is 0 Å². The van der Waals surface area contributed by atoms with E-state index < -0.39 is 18.5 Å². The number of ether oxygens (including phenoxy) is 2. The maximum absolute atomic E-state index is 9.63. The minimum Gasteiger partial charge on any atom is -0.462 e. The third-order valence-electron chi connectivity index (χ3n) is 2.50. The highest BCUT2D eigenvalue weighted by atomic mass is 16.7. The molecule has 0 spiro atoms. The summed E-state index contributed by atoms with van der Waals surface area (Å²) in [6.07, 6.45) is -2.23. The van der Waals surface area contributed by atoms with Crippen molar-refractivity contribution < 1.29 is 19.7 Å². The summed E-state index contributed by atoms with van der Waals surface area (Å²) in [5.74, 6) is 0.548. The van der Waals surface area contributed by atoms with Crippen molar-refractivity contribution in [3.63, 3.8) is 0 Å². The summed E-state index contributed by atoms with van der Waals surface area (Å²) < 4.78 is 10.6. The molecule has 3 atom stereocenters. The molecule has 0 saturated carbocycles. The largest absolute Gasteiger partial charge is 0.462 e. The molecule has 0 aliphatic carbocycles. The molecule has 0 radical (unpaired) electrons. The number of rotatable bonds is 2. The van der Waals surface area contributed by atoms with Gasteiger partial charge in [0.2, 0.25) is 6.29 Å². The number of nitrogen functional groups attached to an aromatic ring is 1. The molecule has 1 aromatic carbocycles. The molecule has 1 saturated heterocycles. The fraction of sp³-hybridized carbons (Fsp3) is 0.455. The van der Waals surface area contributed by atoms with Crippen molar-refractivity contribution in [3.05, 3.63) is 24.3 Å². The first-order chi connectivity index (χ1) is 7.66. The number of nitrogens with two attached hydrogens (primary N) is 1. The van der Waals surface area contributed by atoms with Crippen molar-refractivity contribution in [1.29, 1.82) is 0 Å². The first-order valence-corrected chi connectivity index (χ1v) is 5.17. The Hall–Kier alpha value is -1.30. The van der Waals surface area contributed by atoms with Crippen molar-refractivity contribution in [1.82, 2.24) is 0 Å². The van der Waals surface area contributed by atoms with Crippen LogP contribution in [-0.2, 0) is 4.74 Å². The molecule has 88 valence electrons. The lowest BCUT2D eigenvalue weighted by molar-refractivity contribution is -0.207. The van der Waals surface area contributed by atoms with Crippen LogP contribution >= 0.6 is 0 Å².